The highest BCUT2D eigenvalue weighted by atomic mass is 16.4. The average Bonchev–Trinajstić information content (AvgIpc) is 3.05. The zero-order valence-corrected chi connectivity index (χ0v) is 12.2. The molecule has 0 aliphatic heterocycles. The molecule has 3 rings (SSSR count). The SMILES string of the molecule is CC(=O)c1ccccc1-c1nnc(-c2cccc(C(=O)O)c2)o1. The van der Waals surface area contributed by atoms with Gasteiger partial charge in [0.1, 0.15) is 0 Å². The van der Waals surface area contributed by atoms with Crippen LogP contribution in [0.3, 0.4) is 0 Å². The Balaban J connectivity index is 2.03. The first-order valence-electron chi connectivity index (χ1n) is 6.84. The van der Waals surface area contributed by atoms with Gasteiger partial charge in [0.05, 0.1) is 5.56 Å². The van der Waals surface area contributed by atoms with Crippen LogP contribution in [0.4, 0.5) is 0 Å². The maximum atomic E-state index is 11.7. The third-order valence-corrected chi connectivity index (χ3v) is 3.32. The van der Waals surface area contributed by atoms with Crippen molar-refractivity contribution in [3.05, 3.63) is 59.7 Å². The van der Waals surface area contributed by atoms with Gasteiger partial charge in [-0.3, -0.25) is 4.79 Å². The van der Waals surface area contributed by atoms with Crippen molar-refractivity contribution in [1.29, 1.82) is 0 Å². The van der Waals surface area contributed by atoms with E-state index in [-0.39, 0.29) is 23.1 Å². The first kappa shape index (κ1) is 14.6. The van der Waals surface area contributed by atoms with Crippen LogP contribution in [0.1, 0.15) is 27.6 Å². The summed E-state index contributed by atoms with van der Waals surface area (Å²) in [7, 11) is 0. The lowest BCUT2D eigenvalue weighted by molar-refractivity contribution is 0.0696. The molecule has 23 heavy (non-hydrogen) atoms. The molecule has 0 saturated carbocycles. The standard InChI is InChI=1S/C17H12N2O4/c1-10(20)13-7-2-3-8-14(13)16-19-18-15(23-16)11-5-4-6-12(9-11)17(21)22/h2-9H,1H3,(H,21,22). The van der Waals surface area contributed by atoms with Gasteiger partial charge in [0.2, 0.25) is 11.8 Å². The molecule has 0 saturated heterocycles. The van der Waals surface area contributed by atoms with E-state index in [9.17, 15) is 9.59 Å². The molecular weight excluding hydrogens is 296 g/mol. The van der Waals surface area contributed by atoms with Crippen molar-refractivity contribution < 1.29 is 19.1 Å². The number of aromatic carboxylic acids is 1. The number of carbonyl (C=O) groups is 2. The number of rotatable bonds is 4. The second-order valence-corrected chi connectivity index (χ2v) is 4.90. The van der Waals surface area contributed by atoms with Gasteiger partial charge < -0.3 is 9.52 Å². The van der Waals surface area contributed by atoms with Gasteiger partial charge in [0, 0.05) is 16.7 Å². The van der Waals surface area contributed by atoms with E-state index in [2.05, 4.69) is 10.2 Å². The third-order valence-electron chi connectivity index (χ3n) is 3.32. The Morgan fingerprint density at radius 2 is 1.74 bits per heavy atom. The molecule has 6 nitrogen and oxygen atoms in total. The molecule has 0 bridgehead atoms. The van der Waals surface area contributed by atoms with Crippen molar-refractivity contribution in [3.63, 3.8) is 0 Å². The number of hydrogen-bond donors (Lipinski definition) is 1. The summed E-state index contributed by atoms with van der Waals surface area (Å²) in [6, 6.07) is 13.2. The van der Waals surface area contributed by atoms with Crippen LogP contribution in [0.5, 0.6) is 0 Å². The van der Waals surface area contributed by atoms with Crippen molar-refractivity contribution in [2.75, 3.05) is 0 Å². The predicted octanol–water partition coefficient (Wildman–Crippen LogP) is 3.30. The lowest BCUT2D eigenvalue weighted by Gasteiger charge is -2.01. The fraction of sp³-hybridized carbons (Fsp3) is 0.0588. The zero-order valence-electron chi connectivity index (χ0n) is 12.2. The van der Waals surface area contributed by atoms with E-state index in [4.69, 9.17) is 9.52 Å². The molecule has 0 spiro atoms. The molecule has 6 heteroatoms. The number of carboxylic acids is 1. The molecule has 1 heterocycles. The highest BCUT2D eigenvalue weighted by Crippen LogP contribution is 2.27. The van der Waals surface area contributed by atoms with E-state index >= 15 is 0 Å². The Bertz CT molecular complexity index is 899. The number of carboxylic acid groups (broad SMARTS) is 1. The number of ketones is 1. The van der Waals surface area contributed by atoms with E-state index in [0.717, 1.165) is 0 Å². The van der Waals surface area contributed by atoms with Crippen molar-refractivity contribution in [2.45, 2.75) is 6.92 Å². The number of Topliss-reactive ketones (excluding diaryl/α,β-unsaturated/α-hetero) is 1. The molecule has 0 fully saturated rings. The van der Waals surface area contributed by atoms with E-state index in [1.165, 1.54) is 19.1 Å². The zero-order chi connectivity index (χ0) is 16.4. The van der Waals surface area contributed by atoms with Crippen LogP contribution in [0.25, 0.3) is 22.9 Å². The smallest absolute Gasteiger partial charge is 0.335 e. The summed E-state index contributed by atoms with van der Waals surface area (Å²) in [6.07, 6.45) is 0. The molecule has 0 amide bonds. The van der Waals surface area contributed by atoms with Gasteiger partial charge in [-0.2, -0.15) is 0 Å². The van der Waals surface area contributed by atoms with Crippen molar-refractivity contribution in [3.8, 4) is 22.9 Å². The van der Waals surface area contributed by atoms with Gasteiger partial charge in [0.15, 0.2) is 5.78 Å². The first-order chi connectivity index (χ1) is 11.1. The van der Waals surface area contributed by atoms with Crippen LogP contribution in [0.15, 0.2) is 52.9 Å². The van der Waals surface area contributed by atoms with Gasteiger partial charge >= 0.3 is 5.97 Å². The molecule has 0 radical (unpaired) electrons. The number of carbonyl (C=O) groups excluding carboxylic acids is 1. The van der Waals surface area contributed by atoms with Crippen LogP contribution in [-0.4, -0.2) is 27.1 Å². The summed E-state index contributed by atoms with van der Waals surface area (Å²) in [4.78, 5) is 22.7. The Morgan fingerprint density at radius 3 is 2.48 bits per heavy atom. The molecule has 0 aliphatic carbocycles. The molecule has 2 aromatic carbocycles. The highest BCUT2D eigenvalue weighted by Gasteiger charge is 2.16. The molecule has 0 unspecified atom stereocenters. The normalized spacial score (nSPS) is 10.5. The summed E-state index contributed by atoms with van der Waals surface area (Å²) in [5.41, 5.74) is 1.67. The lowest BCUT2D eigenvalue weighted by Crippen LogP contribution is -1.95. The second-order valence-electron chi connectivity index (χ2n) is 4.90. The molecule has 1 N–H and O–H groups in total. The molecule has 0 atom stereocenters. The highest BCUT2D eigenvalue weighted by molar-refractivity contribution is 5.99. The van der Waals surface area contributed by atoms with Crippen molar-refractivity contribution in [1.82, 2.24) is 10.2 Å². The summed E-state index contributed by atoms with van der Waals surface area (Å²) < 4.78 is 5.61. The second kappa shape index (κ2) is 5.84. The maximum Gasteiger partial charge on any atom is 0.335 e. The van der Waals surface area contributed by atoms with E-state index < -0.39 is 5.97 Å². The minimum Gasteiger partial charge on any atom is -0.478 e. The Kier molecular flexibility index (Phi) is 3.72. The van der Waals surface area contributed by atoms with Gasteiger partial charge in [-0.25, -0.2) is 4.79 Å². The largest absolute Gasteiger partial charge is 0.478 e. The Labute approximate surface area is 131 Å². The first-order valence-corrected chi connectivity index (χ1v) is 6.84. The van der Waals surface area contributed by atoms with E-state index in [0.29, 0.717) is 16.7 Å². The predicted molar refractivity (Wildman–Crippen MR) is 82.1 cm³/mol. The van der Waals surface area contributed by atoms with Gasteiger partial charge in [-0.05, 0) is 31.2 Å². The van der Waals surface area contributed by atoms with Crippen LogP contribution in [-0.2, 0) is 0 Å². The van der Waals surface area contributed by atoms with Crippen LogP contribution in [0.2, 0.25) is 0 Å². The maximum absolute atomic E-state index is 11.7. The van der Waals surface area contributed by atoms with Crippen molar-refractivity contribution >= 4 is 11.8 Å². The average molecular weight is 308 g/mol. The quantitative estimate of drug-likeness (QED) is 0.743. The lowest BCUT2D eigenvalue weighted by atomic mass is 10.0. The number of aromatic nitrogens is 2. The number of benzene rings is 2. The Hall–Kier alpha value is -3.28. The fourth-order valence-electron chi connectivity index (χ4n) is 2.21. The minimum absolute atomic E-state index is 0.103. The topological polar surface area (TPSA) is 93.3 Å². The van der Waals surface area contributed by atoms with Crippen LogP contribution >= 0.6 is 0 Å². The summed E-state index contributed by atoms with van der Waals surface area (Å²) >= 11 is 0. The van der Waals surface area contributed by atoms with Gasteiger partial charge in [-0.15, -0.1) is 10.2 Å². The summed E-state index contributed by atoms with van der Waals surface area (Å²) in [5, 5.41) is 16.9. The Morgan fingerprint density at radius 1 is 1.00 bits per heavy atom. The van der Waals surface area contributed by atoms with Crippen molar-refractivity contribution in [2.24, 2.45) is 0 Å². The van der Waals surface area contributed by atoms with E-state index in [1.54, 1.807) is 36.4 Å². The van der Waals surface area contributed by atoms with Crippen LogP contribution in [0, 0.1) is 0 Å². The molecule has 114 valence electrons. The van der Waals surface area contributed by atoms with Gasteiger partial charge in [-0.1, -0.05) is 24.3 Å². The minimum atomic E-state index is -1.03. The molecule has 3 aromatic rings. The van der Waals surface area contributed by atoms with E-state index in [1.807, 2.05) is 0 Å². The van der Waals surface area contributed by atoms with Crippen LogP contribution < -0.4 is 0 Å². The number of nitrogens with zero attached hydrogens (tertiary/aromatic N) is 2. The fourth-order valence-corrected chi connectivity index (χ4v) is 2.21. The molecule has 1 aromatic heterocycles. The third kappa shape index (κ3) is 2.87. The molecular formula is C17H12N2O4. The monoisotopic (exact) mass is 308 g/mol. The summed E-state index contributed by atoms with van der Waals surface area (Å²) in [5.74, 6) is -0.727. The van der Waals surface area contributed by atoms with Gasteiger partial charge in [0.25, 0.3) is 0 Å². The summed E-state index contributed by atoms with van der Waals surface area (Å²) in [6.45, 7) is 1.46. The molecule has 0 aliphatic rings. The number of hydrogen-bond acceptors (Lipinski definition) is 5.